The number of carbonyl (C=O) groups excluding carboxylic acids is 1. The van der Waals surface area contributed by atoms with E-state index in [-0.39, 0.29) is 46.6 Å². The van der Waals surface area contributed by atoms with Gasteiger partial charge >= 0.3 is 6.18 Å². The largest absolute Gasteiger partial charge is 0.454 e. The van der Waals surface area contributed by atoms with Gasteiger partial charge in [0.25, 0.3) is 11.8 Å². The van der Waals surface area contributed by atoms with Crippen LogP contribution in [0.15, 0.2) is 39.9 Å². The number of furan rings is 1. The minimum absolute atomic E-state index is 0.0671. The maximum Gasteiger partial charge on any atom is 0.420 e. The van der Waals surface area contributed by atoms with Crippen LogP contribution in [0.5, 0.6) is 0 Å². The van der Waals surface area contributed by atoms with Gasteiger partial charge in [0.15, 0.2) is 0 Å². The van der Waals surface area contributed by atoms with Crippen molar-refractivity contribution in [2.45, 2.75) is 31.9 Å². The Bertz CT molecular complexity index is 1220. The van der Waals surface area contributed by atoms with E-state index in [1.54, 1.807) is 13.0 Å². The van der Waals surface area contributed by atoms with Gasteiger partial charge in [0.2, 0.25) is 0 Å². The van der Waals surface area contributed by atoms with Crippen LogP contribution in [0.3, 0.4) is 0 Å². The third-order valence-electron chi connectivity index (χ3n) is 5.71. The number of rotatable bonds is 3. The van der Waals surface area contributed by atoms with Crippen LogP contribution in [0.1, 0.15) is 40.1 Å². The van der Waals surface area contributed by atoms with Gasteiger partial charge in [-0.25, -0.2) is 8.78 Å². The van der Waals surface area contributed by atoms with Crippen LogP contribution < -0.4 is 0 Å². The molecule has 0 N–H and O–H groups in total. The van der Waals surface area contributed by atoms with Crippen LogP contribution in [0, 0.1) is 6.92 Å². The standard InChI is InChI=1S/C23H20F5N3O2/c1-13-16-9-15(10-17(23(26,27)28)20(16)33-19(13)12-29-2)18-4-3-14(11-30-18)21(32)31-7-5-22(24,25)6-8-31/h3-4,9-12H,5-8H2,1-2H3. The molecule has 1 aromatic carbocycles. The quantitative estimate of drug-likeness (QED) is 0.366. The molecule has 3 heterocycles. The number of fused-ring (bicyclic) bond motifs is 1. The molecule has 1 saturated heterocycles. The zero-order valence-electron chi connectivity index (χ0n) is 17.8. The van der Waals surface area contributed by atoms with Gasteiger partial charge in [-0.05, 0) is 31.2 Å². The van der Waals surface area contributed by atoms with Crippen molar-refractivity contribution >= 4 is 23.1 Å². The second-order valence-electron chi connectivity index (χ2n) is 7.96. The first kappa shape index (κ1) is 22.9. The average Bonchev–Trinajstić information content (AvgIpc) is 3.08. The Morgan fingerprint density at radius 2 is 1.91 bits per heavy atom. The summed E-state index contributed by atoms with van der Waals surface area (Å²) in [6.07, 6.45) is -2.87. The normalized spacial score (nSPS) is 16.6. The molecule has 0 bridgehead atoms. The molecule has 33 heavy (non-hydrogen) atoms. The van der Waals surface area contributed by atoms with E-state index in [1.807, 2.05) is 0 Å². The fourth-order valence-electron chi connectivity index (χ4n) is 3.85. The van der Waals surface area contributed by atoms with Crippen LogP contribution in [-0.4, -0.2) is 48.1 Å². The number of aryl methyl sites for hydroxylation is 1. The summed E-state index contributed by atoms with van der Waals surface area (Å²) < 4.78 is 73.4. The van der Waals surface area contributed by atoms with E-state index in [0.29, 0.717) is 5.56 Å². The average molecular weight is 465 g/mol. The number of aliphatic imine (C=N–C) groups is 1. The lowest BCUT2D eigenvalue weighted by Gasteiger charge is -2.31. The summed E-state index contributed by atoms with van der Waals surface area (Å²) in [4.78, 5) is 21.9. The number of hydrogen-bond donors (Lipinski definition) is 0. The minimum Gasteiger partial charge on any atom is -0.454 e. The molecule has 10 heteroatoms. The number of nitrogens with zero attached hydrogens (tertiary/aromatic N) is 3. The maximum atomic E-state index is 13.8. The van der Waals surface area contributed by atoms with Crippen LogP contribution >= 0.6 is 0 Å². The molecular weight excluding hydrogens is 445 g/mol. The van der Waals surface area contributed by atoms with Crippen LogP contribution in [0.4, 0.5) is 22.0 Å². The van der Waals surface area contributed by atoms with Crippen molar-refractivity contribution in [2.75, 3.05) is 20.1 Å². The van der Waals surface area contributed by atoms with E-state index in [4.69, 9.17) is 4.42 Å². The summed E-state index contributed by atoms with van der Waals surface area (Å²) in [6, 6.07) is 5.38. The number of aromatic nitrogens is 1. The molecular formula is C23H20F5N3O2. The second kappa shape index (κ2) is 8.24. The molecule has 0 radical (unpaired) electrons. The summed E-state index contributed by atoms with van der Waals surface area (Å²) >= 11 is 0. The lowest BCUT2D eigenvalue weighted by molar-refractivity contribution is -0.136. The number of carbonyl (C=O) groups is 1. The van der Waals surface area contributed by atoms with Crippen molar-refractivity contribution in [1.29, 1.82) is 0 Å². The Morgan fingerprint density at radius 3 is 2.48 bits per heavy atom. The van der Waals surface area contributed by atoms with Gasteiger partial charge in [0.05, 0.1) is 23.0 Å². The number of hydrogen-bond acceptors (Lipinski definition) is 4. The molecule has 0 aliphatic carbocycles. The predicted molar refractivity (Wildman–Crippen MR) is 113 cm³/mol. The highest BCUT2D eigenvalue weighted by Crippen LogP contribution is 2.40. The van der Waals surface area contributed by atoms with Gasteiger partial charge in [0, 0.05) is 55.7 Å². The van der Waals surface area contributed by atoms with Crippen molar-refractivity contribution in [2.24, 2.45) is 4.99 Å². The van der Waals surface area contributed by atoms with Crippen molar-refractivity contribution in [3.63, 3.8) is 0 Å². The maximum absolute atomic E-state index is 13.8. The highest BCUT2D eigenvalue weighted by molar-refractivity contribution is 5.96. The van der Waals surface area contributed by atoms with Gasteiger partial charge in [-0.1, -0.05) is 0 Å². The highest BCUT2D eigenvalue weighted by Gasteiger charge is 2.37. The van der Waals surface area contributed by atoms with Gasteiger partial charge in [-0.15, -0.1) is 0 Å². The van der Waals surface area contributed by atoms with Gasteiger partial charge < -0.3 is 9.32 Å². The molecule has 1 fully saturated rings. The predicted octanol–water partition coefficient (Wildman–Crippen LogP) is 5.74. The third-order valence-corrected chi connectivity index (χ3v) is 5.71. The fourth-order valence-corrected chi connectivity index (χ4v) is 3.85. The highest BCUT2D eigenvalue weighted by atomic mass is 19.4. The van der Waals surface area contributed by atoms with E-state index in [1.165, 1.54) is 36.5 Å². The Hall–Kier alpha value is -3.30. The van der Waals surface area contributed by atoms with E-state index in [0.717, 1.165) is 6.07 Å². The Labute approximate surface area is 185 Å². The van der Waals surface area contributed by atoms with Crippen molar-refractivity contribution in [3.05, 3.63) is 52.9 Å². The lowest BCUT2D eigenvalue weighted by atomic mass is 10.0. The third kappa shape index (κ3) is 4.46. The van der Waals surface area contributed by atoms with Crippen molar-refractivity contribution < 1.29 is 31.2 Å². The molecule has 0 unspecified atom stereocenters. The molecule has 5 nitrogen and oxygen atoms in total. The minimum atomic E-state index is -4.66. The lowest BCUT2D eigenvalue weighted by Crippen LogP contribution is -2.42. The summed E-state index contributed by atoms with van der Waals surface area (Å²) in [7, 11) is 1.49. The van der Waals surface area contributed by atoms with Gasteiger partial charge in [-0.2, -0.15) is 13.2 Å². The molecule has 174 valence electrons. The van der Waals surface area contributed by atoms with Gasteiger partial charge in [-0.3, -0.25) is 14.8 Å². The number of halogens is 5. The molecule has 0 spiro atoms. The number of piperidine rings is 1. The topological polar surface area (TPSA) is 58.7 Å². The summed E-state index contributed by atoms with van der Waals surface area (Å²) in [5, 5.41) is 0.283. The molecule has 3 aromatic rings. The first-order valence-corrected chi connectivity index (χ1v) is 10.2. The summed E-state index contributed by atoms with van der Waals surface area (Å²) in [5.74, 6) is -2.98. The second-order valence-corrected chi connectivity index (χ2v) is 7.96. The van der Waals surface area contributed by atoms with Crippen molar-refractivity contribution in [3.8, 4) is 11.3 Å². The number of amides is 1. The molecule has 4 rings (SSSR count). The van der Waals surface area contributed by atoms with Gasteiger partial charge in [0.1, 0.15) is 11.3 Å². The molecule has 1 aliphatic heterocycles. The first-order valence-electron chi connectivity index (χ1n) is 10.2. The summed E-state index contributed by atoms with van der Waals surface area (Å²) in [6.45, 7) is 1.51. The monoisotopic (exact) mass is 465 g/mol. The van der Waals surface area contributed by atoms with Crippen LogP contribution in [-0.2, 0) is 6.18 Å². The summed E-state index contributed by atoms with van der Waals surface area (Å²) in [5.41, 5.74) is -0.0955. The zero-order chi connectivity index (χ0) is 24.0. The van der Waals surface area contributed by atoms with E-state index in [2.05, 4.69) is 9.98 Å². The number of pyridine rings is 1. The van der Waals surface area contributed by atoms with Crippen molar-refractivity contribution in [1.82, 2.24) is 9.88 Å². The first-order chi connectivity index (χ1) is 15.5. The molecule has 0 atom stereocenters. The van der Waals surface area contributed by atoms with E-state index in [9.17, 15) is 26.7 Å². The SMILES string of the molecule is CN=Cc1oc2c(C(F)(F)F)cc(-c3ccc(C(=O)N4CCC(F)(F)CC4)cn3)cc2c1C. The number of benzene rings is 1. The number of likely N-dealkylation sites (tertiary alicyclic amines) is 1. The Kier molecular flexibility index (Phi) is 5.71. The van der Waals surface area contributed by atoms with E-state index >= 15 is 0 Å². The van der Waals surface area contributed by atoms with Crippen LogP contribution in [0.2, 0.25) is 0 Å². The number of alkyl halides is 5. The fraction of sp³-hybridized carbons (Fsp3) is 0.348. The molecule has 1 aliphatic rings. The van der Waals surface area contributed by atoms with Crippen LogP contribution in [0.25, 0.3) is 22.2 Å². The molecule has 1 amide bonds. The Morgan fingerprint density at radius 1 is 1.21 bits per heavy atom. The molecule has 2 aromatic heterocycles. The van der Waals surface area contributed by atoms with E-state index < -0.39 is 36.4 Å². The Balaban J connectivity index is 1.69. The molecule has 0 saturated carbocycles. The smallest absolute Gasteiger partial charge is 0.420 e. The zero-order valence-corrected chi connectivity index (χ0v) is 17.8.